The van der Waals surface area contributed by atoms with E-state index in [0.29, 0.717) is 5.69 Å². The van der Waals surface area contributed by atoms with E-state index in [4.69, 9.17) is 0 Å². The second kappa shape index (κ2) is 7.16. The third-order valence-electron chi connectivity index (χ3n) is 3.56. The number of hydrogen-bond acceptors (Lipinski definition) is 6. The van der Waals surface area contributed by atoms with E-state index in [9.17, 15) is 13.6 Å². The quantitative estimate of drug-likeness (QED) is 0.613. The van der Waals surface area contributed by atoms with Crippen molar-refractivity contribution in [2.45, 2.75) is 10.6 Å². The highest BCUT2D eigenvalue weighted by molar-refractivity contribution is 8.01. The van der Waals surface area contributed by atoms with Crippen molar-refractivity contribution >= 4 is 34.7 Å². The number of thioether (sulfide) groups is 1. The fourth-order valence-electron chi connectivity index (χ4n) is 2.42. The maximum absolute atomic E-state index is 13.0. The average Bonchev–Trinajstić information content (AvgIpc) is 3.23. The van der Waals surface area contributed by atoms with E-state index >= 15 is 0 Å². The molecule has 0 spiro atoms. The number of benzene rings is 2. The zero-order valence-electron chi connectivity index (χ0n) is 13.6. The fourth-order valence-corrected chi connectivity index (χ4v) is 4.05. The zero-order valence-corrected chi connectivity index (χ0v) is 15.3. The number of hydrogen-bond donors (Lipinski definition) is 1. The number of carbonyl (C=O) groups is 1. The topological polar surface area (TPSA) is 60.5 Å². The molecule has 0 aliphatic carbocycles. The second-order valence-corrected chi connectivity index (χ2v) is 7.61. The van der Waals surface area contributed by atoms with E-state index in [0.717, 1.165) is 15.6 Å². The SMILES string of the molecule is O=C(CSc1nc(-c2ccccc2)cs1)Nc1ccc2c(c1)OC(F)(F)O2. The lowest BCUT2D eigenvalue weighted by Crippen LogP contribution is -2.25. The van der Waals surface area contributed by atoms with Gasteiger partial charge in [-0.05, 0) is 12.1 Å². The van der Waals surface area contributed by atoms with E-state index in [2.05, 4.69) is 19.8 Å². The third-order valence-corrected chi connectivity index (χ3v) is 5.59. The smallest absolute Gasteiger partial charge is 0.395 e. The van der Waals surface area contributed by atoms with Crippen LogP contribution in [0.25, 0.3) is 11.3 Å². The highest BCUT2D eigenvalue weighted by Crippen LogP contribution is 2.42. The molecule has 0 fully saturated rings. The summed E-state index contributed by atoms with van der Waals surface area (Å²) in [6.07, 6.45) is -3.68. The minimum absolute atomic E-state index is 0.0661. The first-order valence-electron chi connectivity index (χ1n) is 7.82. The number of alkyl halides is 2. The van der Waals surface area contributed by atoms with Crippen LogP contribution in [0.15, 0.2) is 58.3 Å². The van der Waals surface area contributed by atoms with Crippen molar-refractivity contribution in [1.29, 1.82) is 0 Å². The summed E-state index contributed by atoms with van der Waals surface area (Å²) in [7, 11) is 0. The molecule has 9 heteroatoms. The number of nitrogens with one attached hydrogen (secondary N) is 1. The Hall–Kier alpha value is -2.65. The van der Waals surface area contributed by atoms with Crippen LogP contribution in [0, 0.1) is 0 Å². The highest BCUT2D eigenvalue weighted by atomic mass is 32.2. The third kappa shape index (κ3) is 4.20. The van der Waals surface area contributed by atoms with E-state index in [-0.39, 0.29) is 23.2 Å². The van der Waals surface area contributed by atoms with Gasteiger partial charge in [-0.3, -0.25) is 4.79 Å². The molecule has 1 aliphatic rings. The standard InChI is InChI=1S/C18H12F2N2O3S2/c19-18(20)24-14-7-6-12(8-15(14)25-18)21-16(23)10-27-17-22-13(9-26-17)11-4-2-1-3-5-11/h1-9H,10H2,(H,21,23). The lowest BCUT2D eigenvalue weighted by atomic mass is 10.2. The second-order valence-electron chi connectivity index (χ2n) is 5.53. The number of halogens is 2. The van der Waals surface area contributed by atoms with Crippen molar-refractivity contribution in [1.82, 2.24) is 4.98 Å². The molecule has 0 unspecified atom stereocenters. The van der Waals surface area contributed by atoms with Gasteiger partial charge < -0.3 is 14.8 Å². The Morgan fingerprint density at radius 2 is 1.93 bits per heavy atom. The lowest BCUT2D eigenvalue weighted by molar-refractivity contribution is -0.286. The molecule has 2 heterocycles. The Labute approximate surface area is 161 Å². The molecule has 1 aliphatic heterocycles. The van der Waals surface area contributed by atoms with Gasteiger partial charge in [0.15, 0.2) is 15.8 Å². The van der Waals surface area contributed by atoms with Crippen molar-refractivity contribution in [2.75, 3.05) is 11.1 Å². The molecule has 0 atom stereocenters. The van der Waals surface area contributed by atoms with Crippen LogP contribution >= 0.6 is 23.1 Å². The van der Waals surface area contributed by atoms with Gasteiger partial charge in [-0.25, -0.2) is 4.98 Å². The van der Waals surface area contributed by atoms with Crippen LogP contribution in [0.2, 0.25) is 0 Å². The van der Waals surface area contributed by atoms with Gasteiger partial charge in [-0.15, -0.1) is 20.1 Å². The van der Waals surface area contributed by atoms with Crippen molar-refractivity contribution in [2.24, 2.45) is 0 Å². The van der Waals surface area contributed by atoms with Gasteiger partial charge >= 0.3 is 6.29 Å². The molecule has 27 heavy (non-hydrogen) atoms. The van der Waals surface area contributed by atoms with Crippen molar-refractivity contribution in [3.05, 3.63) is 53.9 Å². The van der Waals surface area contributed by atoms with Crippen molar-refractivity contribution < 1.29 is 23.0 Å². The van der Waals surface area contributed by atoms with E-state index < -0.39 is 6.29 Å². The van der Waals surface area contributed by atoms with Gasteiger partial charge in [0.2, 0.25) is 5.91 Å². The van der Waals surface area contributed by atoms with Gasteiger partial charge in [0.25, 0.3) is 0 Å². The van der Waals surface area contributed by atoms with Crippen LogP contribution in [0.1, 0.15) is 0 Å². The predicted molar refractivity (Wildman–Crippen MR) is 99.5 cm³/mol. The number of aromatic nitrogens is 1. The molecule has 4 rings (SSSR count). The minimum Gasteiger partial charge on any atom is -0.395 e. The molecule has 0 radical (unpaired) electrons. The summed E-state index contributed by atoms with van der Waals surface area (Å²) in [6, 6.07) is 13.9. The number of amides is 1. The molecule has 2 aromatic carbocycles. The van der Waals surface area contributed by atoms with Crippen molar-refractivity contribution in [3.8, 4) is 22.8 Å². The fraction of sp³-hybridized carbons (Fsp3) is 0.111. The number of ether oxygens (including phenoxy) is 2. The highest BCUT2D eigenvalue weighted by Gasteiger charge is 2.43. The molecule has 0 saturated carbocycles. The molecule has 0 bridgehead atoms. The number of rotatable bonds is 5. The first-order valence-corrected chi connectivity index (χ1v) is 9.68. The predicted octanol–water partition coefficient (Wildman–Crippen LogP) is 4.86. The van der Waals surface area contributed by atoms with Crippen LogP contribution in [0.5, 0.6) is 11.5 Å². The molecule has 3 aromatic rings. The Morgan fingerprint density at radius 3 is 2.74 bits per heavy atom. The molecule has 1 N–H and O–H groups in total. The van der Waals surface area contributed by atoms with Crippen LogP contribution in [0.4, 0.5) is 14.5 Å². The van der Waals surface area contributed by atoms with Gasteiger partial charge in [0.05, 0.1) is 11.4 Å². The zero-order chi connectivity index (χ0) is 18.9. The van der Waals surface area contributed by atoms with Crippen LogP contribution in [0.3, 0.4) is 0 Å². The van der Waals surface area contributed by atoms with Crippen LogP contribution < -0.4 is 14.8 Å². The lowest BCUT2D eigenvalue weighted by Gasteiger charge is -2.05. The number of thiazole rings is 1. The van der Waals surface area contributed by atoms with Gasteiger partial charge in [-0.2, -0.15) is 0 Å². The molecule has 1 amide bonds. The van der Waals surface area contributed by atoms with Crippen molar-refractivity contribution in [3.63, 3.8) is 0 Å². The Kier molecular flexibility index (Phi) is 4.71. The van der Waals surface area contributed by atoms with Gasteiger partial charge in [0.1, 0.15) is 0 Å². The number of nitrogens with zero attached hydrogens (tertiary/aromatic N) is 1. The summed E-state index contributed by atoms with van der Waals surface area (Å²) in [5, 5.41) is 4.58. The molecule has 0 saturated heterocycles. The molecule has 1 aromatic heterocycles. The van der Waals surface area contributed by atoms with E-state index in [1.54, 1.807) is 0 Å². The molecular weight excluding hydrogens is 394 g/mol. The monoisotopic (exact) mass is 406 g/mol. The Morgan fingerprint density at radius 1 is 1.15 bits per heavy atom. The summed E-state index contributed by atoms with van der Waals surface area (Å²) >= 11 is 2.77. The van der Waals surface area contributed by atoms with E-state index in [1.165, 1.54) is 41.3 Å². The molecule has 138 valence electrons. The summed E-state index contributed by atoms with van der Waals surface area (Å²) < 4.78 is 35.5. The first kappa shape index (κ1) is 17.7. The average molecular weight is 406 g/mol. The maximum atomic E-state index is 13.0. The number of anilines is 1. The summed E-state index contributed by atoms with van der Waals surface area (Å²) in [5.41, 5.74) is 2.23. The Balaban J connectivity index is 1.34. The van der Waals surface area contributed by atoms with E-state index in [1.807, 2.05) is 35.7 Å². The Bertz CT molecular complexity index is 980. The number of carbonyl (C=O) groups excluding carboxylic acids is 1. The van der Waals surface area contributed by atoms with Gasteiger partial charge in [-0.1, -0.05) is 42.1 Å². The molecule has 5 nitrogen and oxygen atoms in total. The van der Waals surface area contributed by atoms with Gasteiger partial charge in [0, 0.05) is 22.7 Å². The normalized spacial score (nSPS) is 14.1. The number of fused-ring (bicyclic) bond motifs is 1. The largest absolute Gasteiger partial charge is 0.586 e. The summed E-state index contributed by atoms with van der Waals surface area (Å²) in [4.78, 5) is 16.6. The molecular formula is C18H12F2N2O3S2. The summed E-state index contributed by atoms with van der Waals surface area (Å²) in [5.74, 6) is -0.310. The van der Waals surface area contributed by atoms with Crippen LogP contribution in [-0.4, -0.2) is 22.9 Å². The minimum atomic E-state index is -3.68. The first-order chi connectivity index (χ1) is 13.0. The summed E-state index contributed by atoms with van der Waals surface area (Å²) in [6.45, 7) is 0. The maximum Gasteiger partial charge on any atom is 0.586 e. The van der Waals surface area contributed by atoms with Crippen LogP contribution in [-0.2, 0) is 4.79 Å².